The molecule has 2 aromatic rings. The predicted octanol–water partition coefficient (Wildman–Crippen LogP) is 2.88. The molecule has 146 valence electrons. The molecule has 6 nitrogen and oxygen atoms in total. The Balaban J connectivity index is 1.64. The van der Waals surface area contributed by atoms with Crippen LogP contribution in [-0.2, 0) is 27.3 Å². The molecule has 0 aromatic heterocycles. The van der Waals surface area contributed by atoms with Gasteiger partial charge in [0.1, 0.15) is 0 Å². The van der Waals surface area contributed by atoms with Crippen LogP contribution in [0, 0.1) is 5.92 Å². The van der Waals surface area contributed by atoms with E-state index < -0.39 is 11.8 Å². The molecule has 6 heteroatoms. The summed E-state index contributed by atoms with van der Waals surface area (Å²) in [6.07, 6.45) is 1.71. The van der Waals surface area contributed by atoms with E-state index in [1.54, 1.807) is 6.07 Å². The molecule has 0 radical (unpaired) electrons. The van der Waals surface area contributed by atoms with Crippen LogP contribution in [0.2, 0.25) is 0 Å². The lowest BCUT2D eigenvalue weighted by atomic mass is 9.99. The average molecular weight is 379 g/mol. The smallest absolute Gasteiger partial charge is 0.313 e. The number of nitrogens with zero attached hydrogens (tertiary/aromatic N) is 1. The van der Waals surface area contributed by atoms with Gasteiger partial charge in [-0.2, -0.15) is 0 Å². The van der Waals surface area contributed by atoms with Gasteiger partial charge in [0.25, 0.3) is 0 Å². The Morgan fingerprint density at radius 1 is 1.04 bits per heavy atom. The number of amides is 3. The third-order valence-electron chi connectivity index (χ3n) is 4.72. The van der Waals surface area contributed by atoms with E-state index >= 15 is 0 Å². The van der Waals surface area contributed by atoms with Crippen molar-refractivity contribution in [1.82, 2.24) is 5.32 Å². The van der Waals surface area contributed by atoms with Crippen LogP contribution in [0.1, 0.15) is 31.4 Å². The molecule has 28 heavy (non-hydrogen) atoms. The number of anilines is 2. The molecule has 0 bridgehead atoms. The molecule has 1 aliphatic heterocycles. The molecule has 0 spiro atoms. The van der Waals surface area contributed by atoms with Gasteiger partial charge in [0.15, 0.2) is 0 Å². The van der Waals surface area contributed by atoms with E-state index in [0.29, 0.717) is 18.8 Å². The second kappa shape index (κ2) is 8.69. The van der Waals surface area contributed by atoms with E-state index in [0.717, 1.165) is 29.7 Å². The number of carbonyl (C=O) groups excluding carboxylic acids is 3. The zero-order valence-electron chi connectivity index (χ0n) is 16.2. The zero-order valence-corrected chi connectivity index (χ0v) is 16.2. The minimum Gasteiger partial charge on any atom is -0.344 e. The third kappa shape index (κ3) is 4.57. The number of hydrogen-bond acceptors (Lipinski definition) is 3. The summed E-state index contributed by atoms with van der Waals surface area (Å²) in [6.45, 7) is 4.78. The standard InChI is InChI=1S/C22H25N3O3/c1-15(2)22(28)25-12-6-9-17-13-18(10-11-19(17)25)24-21(27)20(26)23-14-16-7-4-3-5-8-16/h3-5,7-8,10-11,13,15H,6,9,12,14H2,1-2H3,(H,23,26)(H,24,27). The molecule has 1 heterocycles. The maximum Gasteiger partial charge on any atom is 0.313 e. The van der Waals surface area contributed by atoms with Crippen LogP contribution in [-0.4, -0.2) is 24.3 Å². The van der Waals surface area contributed by atoms with E-state index in [-0.39, 0.29) is 11.8 Å². The van der Waals surface area contributed by atoms with Crippen LogP contribution in [0.15, 0.2) is 48.5 Å². The van der Waals surface area contributed by atoms with Crippen LogP contribution >= 0.6 is 0 Å². The Kier molecular flexibility index (Phi) is 6.09. The number of carbonyl (C=O) groups is 3. The van der Waals surface area contributed by atoms with E-state index in [4.69, 9.17) is 0 Å². The molecule has 3 amide bonds. The number of hydrogen-bond donors (Lipinski definition) is 2. The van der Waals surface area contributed by atoms with Gasteiger partial charge in [-0.15, -0.1) is 0 Å². The Morgan fingerprint density at radius 2 is 1.79 bits per heavy atom. The van der Waals surface area contributed by atoms with Gasteiger partial charge in [0, 0.05) is 30.4 Å². The molecular formula is C22H25N3O3. The predicted molar refractivity (Wildman–Crippen MR) is 109 cm³/mol. The molecule has 2 aromatic carbocycles. The monoisotopic (exact) mass is 379 g/mol. The molecule has 3 rings (SSSR count). The number of benzene rings is 2. The number of aryl methyl sites for hydroxylation is 1. The summed E-state index contributed by atoms with van der Waals surface area (Å²) < 4.78 is 0. The average Bonchev–Trinajstić information content (AvgIpc) is 2.71. The van der Waals surface area contributed by atoms with Crippen molar-refractivity contribution in [2.75, 3.05) is 16.8 Å². The fraction of sp³-hybridized carbons (Fsp3) is 0.318. The fourth-order valence-corrected chi connectivity index (χ4v) is 3.26. The van der Waals surface area contributed by atoms with Gasteiger partial charge in [0.05, 0.1) is 0 Å². The number of rotatable bonds is 4. The van der Waals surface area contributed by atoms with Gasteiger partial charge in [-0.1, -0.05) is 44.2 Å². The highest BCUT2D eigenvalue weighted by Crippen LogP contribution is 2.30. The molecule has 0 fully saturated rings. The Morgan fingerprint density at radius 3 is 2.50 bits per heavy atom. The van der Waals surface area contributed by atoms with Gasteiger partial charge in [0.2, 0.25) is 5.91 Å². The maximum absolute atomic E-state index is 12.4. The second-order valence-electron chi connectivity index (χ2n) is 7.21. The maximum atomic E-state index is 12.4. The fourth-order valence-electron chi connectivity index (χ4n) is 3.26. The summed E-state index contributed by atoms with van der Waals surface area (Å²) in [5.41, 5.74) is 3.36. The Labute approximate surface area is 164 Å². The van der Waals surface area contributed by atoms with Gasteiger partial charge in [-0.05, 0) is 42.2 Å². The first-order chi connectivity index (χ1) is 13.5. The van der Waals surface area contributed by atoms with Crippen LogP contribution in [0.25, 0.3) is 0 Å². The molecule has 1 aliphatic rings. The van der Waals surface area contributed by atoms with Crippen molar-refractivity contribution in [1.29, 1.82) is 0 Å². The Hall–Kier alpha value is -3.15. The minimum atomic E-state index is -0.707. The van der Waals surface area contributed by atoms with Crippen molar-refractivity contribution in [3.63, 3.8) is 0 Å². The summed E-state index contributed by atoms with van der Waals surface area (Å²) in [4.78, 5) is 38.4. The van der Waals surface area contributed by atoms with Gasteiger partial charge < -0.3 is 15.5 Å². The summed E-state index contributed by atoms with van der Waals surface area (Å²) in [5, 5.41) is 5.25. The third-order valence-corrected chi connectivity index (χ3v) is 4.72. The van der Waals surface area contributed by atoms with Crippen LogP contribution < -0.4 is 15.5 Å². The van der Waals surface area contributed by atoms with Crippen molar-refractivity contribution in [3.8, 4) is 0 Å². The van der Waals surface area contributed by atoms with Gasteiger partial charge in [-0.3, -0.25) is 14.4 Å². The highest BCUT2D eigenvalue weighted by atomic mass is 16.2. The zero-order chi connectivity index (χ0) is 20.1. The molecule has 0 aliphatic carbocycles. The highest BCUT2D eigenvalue weighted by molar-refractivity contribution is 6.39. The SMILES string of the molecule is CC(C)C(=O)N1CCCc2cc(NC(=O)C(=O)NCc3ccccc3)ccc21. The van der Waals surface area contributed by atoms with E-state index in [2.05, 4.69) is 10.6 Å². The lowest BCUT2D eigenvalue weighted by Gasteiger charge is -2.31. The van der Waals surface area contributed by atoms with Gasteiger partial charge in [-0.25, -0.2) is 0 Å². The van der Waals surface area contributed by atoms with Gasteiger partial charge >= 0.3 is 11.8 Å². The minimum absolute atomic E-state index is 0.0707. The van der Waals surface area contributed by atoms with Crippen LogP contribution in [0.4, 0.5) is 11.4 Å². The van der Waals surface area contributed by atoms with Crippen molar-refractivity contribution >= 4 is 29.1 Å². The van der Waals surface area contributed by atoms with Crippen molar-refractivity contribution in [3.05, 3.63) is 59.7 Å². The first-order valence-corrected chi connectivity index (χ1v) is 9.53. The van der Waals surface area contributed by atoms with Crippen LogP contribution in [0.3, 0.4) is 0 Å². The number of nitrogens with one attached hydrogen (secondary N) is 2. The quantitative estimate of drug-likeness (QED) is 0.802. The lowest BCUT2D eigenvalue weighted by Crippen LogP contribution is -2.38. The first-order valence-electron chi connectivity index (χ1n) is 9.53. The van der Waals surface area contributed by atoms with Crippen LogP contribution in [0.5, 0.6) is 0 Å². The summed E-state index contributed by atoms with van der Waals surface area (Å²) in [5.74, 6) is -1.36. The normalized spacial score (nSPS) is 13.0. The molecular weight excluding hydrogens is 354 g/mol. The van der Waals surface area contributed by atoms with Crippen molar-refractivity contribution in [2.45, 2.75) is 33.2 Å². The van der Waals surface area contributed by atoms with E-state index in [1.807, 2.05) is 61.2 Å². The molecule has 0 unspecified atom stereocenters. The number of fused-ring (bicyclic) bond motifs is 1. The van der Waals surface area contributed by atoms with E-state index in [9.17, 15) is 14.4 Å². The summed E-state index contributed by atoms with van der Waals surface area (Å²) in [6, 6.07) is 14.8. The highest BCUT2D eigenvalue weighted by Gasteiger charge is 2.24. The Bertz CT molecular complexity index is 878. The molecule has 2 N–H and O–H groups in total. The first kappa shape index (κ1) is 19.6. The largest absolute Gasteiger partial charge is 0.344 e. The summed E-state index contributed by atoms with van der Waals surface area (Å²) >= 11 is 0. The summed E-state index contributed by atoms with van der Waals surface area (Å²) in [7, 11) is 0. The molecule has 0 saturated carbocycles. The van der Waals surface area contributed by atoms with Crippen molar-refractivity contribution < 1.29 is 14.4 Å². The second-order valence-corrected chi connectivity index (χ2v) is 7.21. The lowest BCUT2D eigenvalue weighted by molar-refractivity contribution is -0.136. The molecule has 0 atom stereocenters. The van der Waals surface area contributed by atoms with E-state index in [1.165, 1.54) is 0 Å². The van der Waals surface area contributed by atoms with Crippen molar-refractivity contribution in [2.24, 2.45) is 5.92 Å². The molecule has 0 saturated heterocycles. The topological polar surface area (TPSA) is 78.5 Å².